The lowest BCUT2D eigenvalue weighted by Crippen LogP contribution is -2.38. The van der Waals surface area contributed by atoms with E-state index in [2.05, 4.69) is 20.8 Å². The highest BCUT2D eigenvalue weighted by Crippen LogP contribution is 2.28. The number of carbonyl (C=O) groups is 1. The second-order valence-corrected chi connectivity index (χ2v) is 5.34. The van der Waals surface area contributed by atoms with Crippen molar-refractivity contribution in [3.8, 4) is 0 Å². The van der Waals surface area contributed by atoms with Crippen LogP contribution in [0.1, 0.15) is 6.42 Å². The monoisotopic (exact) mass is 313 g/mol. The highest BCUT2D eigenvalue weighted by atomic mass is 79.9. The van der Waals surface area contributed by atoms with Crippen LogP contribution in [0.2, 0.25) is 0 Å². The smallest absolute Gasteiger partial charge is 0.407 e. The molecule has 0 saturated carbocycles. The molecule has 3 N–H and O–H groups in total. The third-order valence-electron chi connectivity index (χ3n) is 3.36. The van der Waals surface area contributed by atoms with Gasteiger partial charge in [-0.15, -0.1) is 0 Å². The molecule has 6 heteroatoms. The van der Waals surface area contributed by atoms with Crippen LogP contribution in [0.3, 0.4) is 0 Å². The lowest BCUT2D eigenvalue weighted by molar-refractivity contribution is 0.142. The lowest BCUT2D eigenvalue weighted by atomic mass is 10.2. The molecule has 1 amide bonds. The number of likely N-dealkylation sites (N-methyl/N-ethyl adjacent to an activating group) is 1. The largest absolute Gasteiger partial charge is 0.465 e. The van der Waals surface area contributed by atoms with Crippen LogP contribution < -0.4 is 10.6 Å². The van der Waals surface area contributed by atoms with Crippen LogP contribution in [-0.4, -0.2) is 42.3 Å². The van der Waals surface area contributed by atoms with Gasteiger partial charge >= 0.3 is 6.09 Å². The fourth-order valence-electron chi connectivity index (χ4n) is 2.16. The molecule has 1 aromatic rings. The normalized spacial score (nSPS) is 19.0. The molecule has 0 radical (unpaired) electrons. The molecular weight excluding hydrogens is 298 g/mol. The first kappa shape index (κ1) is 13.0. The summed E-state index contributed by atoms with van der Waals surface area (Å²) < 4.78 is 0.870. The van der Waals surface area contributed by atoms with Gasteiger partial charge in [-0.1, -0.05) is 0 Å². The minimum Gasteiger partial charge on any atom is -0.465 e. The van der Waals surface area contributed by atoms with Crippen molar-refractivity contribution < 1.29 is 9.90 Å². The molecule has 2 rings (SSSR count). The maximum atomic E-state index is 10.9. The summed E-state index contributed by atoms with van der Waals surface area (Å²) in [5.74, 6) is 0. The maximum absolute atomic E-state index is 10.9. The molecule has 1 aliphatic heterocycles. The fourth-order valence-corrected chi connectivity index (χ4v) is 2.53. The summed E-state index contributed by atoms with van der Waals surface area (Å²) in [5.41, 5.74) is 7.52. The first-order valence-electron chi connectivity index (χ1n) is 5.75. The van der Waals surface area contributed by atoms with Crippen LogP contribution in [0.5, 0.6) is 0 Å². The van der Waals surface area contributed by atoms with Crippen molar-refractivity contribution in [1.82, 2.24) is 4.90 Å². The summed E-state index contributed by atoms with van der Waals surface area (Å²) in [7, 11) is 1.62. The zero-order chi connectivity index (χ0) is 13.3. The van der Waals surface area contributed by atoms with Gasteiger partial charge in [-0.2, -0.15) is 0 Å². The minimum absolute atomic E-state index is 0.0545. The first-order chi connectivity index (χ1) is 8.49. The van der Waals surface area contributed by atoms with Crippen LogP contribution >= 0.6 is 15.9 Å². The Morgan fingerprint density at radius 3 is 2.94 bits per heavy atom. The molecule has 1 unspecified atom stereocenters. The van der Waals surface area contributed by atoms with E-state index in [-0.39, 0.29) is 6.04 Å². The van der Waals surface area contributed by atoms with E-state index in [0.717, 1.165) is 29.7 Å². The van der Waals surface area contributed by atoms with Gasteiger partial charge < -0.3 is 20.6 Å². The number of hydrogen-bond donors (Lipinski definition) is 2. The van der Waals surface area contributed by atoms with Gasteiger partial charge in [0.05, 0.1) is 6.04 Å². The third kappa shape index (κ3) is 2.53. The van der Waals surface area contributed by atoms with Crippen molar-refractivity contribution in [3.05, 3.63) is 22.7 Å². The van der Waals surface area contributed by atoms with Gasteiger partial charge in [0.25, 0.3) is 0 Å². The summed E-state index contributed by atoms with van der Waals surface area (Å²) in [6, 6.07) is 5.84. The Morgan fingerprint density at radius 1 is 1.61 bits per heavy atom. The number of carboxylic acid groups (broad SMARTS) is 1. The molecule has 5 nitrogen and oxygen atoms in total. The number of nitrogens with zero attached hydrogens (tertiary/aromatic N) is 2. The number of rotatable bonds is 2. The van der Waals surface area contributed by atoms with E-state index < -0.39 is 6.09 Å². The number of halogens is 1. The Labute approximate surface area is 114 Å². The van der Waals surface area contributed by atoms with Gasteiger partial charge in [0, 0.05) is 36.0 Å². The van der Waals surface area contributed by atoms with Crippen molar-refractivity contribution in [2.75, 3.05) is 30.8 Å². The average molecular weight is 314 g/mol. The Hall–Kier alpha value is -1.43. The molecule has 1 fully saturated rings. The number of nitrogen functional groups attached to an aromatic ring is 1. The zero-order valence-corrected chi connectivity index (χ0v) is 11.7. The lowest BCUT2D eigenvalue weighted by Gasteiger charge is -2.23. The molecule has 0 bridgehead atoms. The molecule has 98 valence electrons. The van der Waals surface area contributed by atoms with Gasteiger partial charge in [-0.05, 0) is 40.5 Å². The average Bonchev–Trinajstić information content (AvgIpc) is 2.81. The minimum atomic E-state index is -0.875. The van der Waals surface area contributed by atoms with Gasteiger partial charge in [0.2, 0.25) is 0 Å². The Bertz CT molecular complexity index is 467. The van der Waals surface area contributed by atoms with Crippen LogP contribution in [-0.2, 0) is 0 Å². The summed E-state index contributed by atoms with van der Waals surface area (Å²) in [5, 5.41) is 8.96. The Morgan fingerprint density at radius 2 is 2.33 bits per heavy atom. The summed E-state index contributed by atoms with van der Waals surface area (Å²) in [4.78, 5) is 14.5. The highest BCUT2D eigenvalue weighted by Gasteiger charge is 2.28. The zero-order valence-electron chi connectivity index (χ0n) is 10.1. The van der Waals surface area contributed by atoms with E-state index in [1.807, 2.05) is 18.2 Å². The predicted molar refractivity (Wildman–Crippen MR) is 75.0 cm³/mol. The topological polar surface area (TPSA) is 69.8 Å². The second kappa shape index (κ2) is 5.06. The number of hydrogen-bond acceptors (Lipinski definition) is 3. The molecule has 1 aliphatic rings. The SMILES string of the molecule is CN(C(=O)O)C1CCN(c2ccc(N)c(Br)c2)C1. The van der Waals surface area contributed by atoms with Crippen LogP contribution in [0.25, 0.3) is 0 Å². The third-order valence-corrected chi connectivity index (χ3v) is 4.05. The van der Waals surface area contributed by atoms with Crippen LogP contribution in [0.4, 0.5) is 16.2 Å². The predicted octanol–water partition coefficient (Wildman–Crippen LogP) is 2.22. The fraction of sp³-hybridized carbons (Fsp3) is 0.417. The van der Waals surface area contributed by atoms with Gasteiger partial charge in [0.15, 0.2) is 0 Å². The molecule has 0 spiro atoms. The number of anilines is 2. The molecule has 18 heavy (non-hydrogen) atoms. The van der Waals surface area contributed by atoms with Crippen molar-refractivity contribution in [3.63, 3.8) is 0 Å². The van der Waals surface area contributed by atoms with Crippen LogP contribution in [0, 0.1) is 0 Å². The van der Waals surface area contributed by atoms with Crippen LogP contribution in [0.15, 0.2) is 22.7 Å². The maximum Gasteiger partial charge on any atom is 0.407 e. The second-order valence-electron chi connectivity index (χ2n) is 4.49. The van der Waals surface area contributed by atoms with E-state index in [1.54, 1.807) is 7.05 Å². The summed E-state index contributed by atoms with van der Waals surface area (Å²) >= 11 is 3.40. The van der Waals surface area contributed by atoms with E-state index >= 15 is 0 Å². The standard InChI is InChI=1S/C12H16BrN3O2/c1-15(12(17)18)9-4-5-16(7-9)8-2-3-11(14)10(13)6-8/h2-3,6,9H,4-5,7,14H2,1H3,(H,17,18). The van der Waals surface area contributed by atoms with E-state index in [0.29, 0.717) is 5.69 Å². The van der Waals surface area contributed by atoms with Crippen molar-refractivity contribution >= 4 is 33.4 Å². The van der Waals surface area contributed by atoms with Crippen molar-refractivity contribution in [2.24, 2.45) is 0 Å². The van der Waals surface area contributed by atoms with Crippen molar-refractivity contribution in [1.29, 1.82) is 0 Å². The summed E-state index contributed by atoms with van der Waals surface area (Å²) in [6.45, 7) is 1.58. The number of amides is 1. The number of benzene rings is 1. The number of nitrogens with two attached hydrogens (primary N) is 1. The summed E-state index contributed by atoms with van der Waals surface area (Å²) in [6.07, 6.45) is -0.0227. The molecular formula is C12H16BrN3O2. The highest BCUT2D eigenvalue weighted by molar-refractivity contribution is 9.10. The molecule has 1 atom stereocenters. The van der Waals surface area contributed by atoms with Gasteiger partial charge in [-0.3, -0.25) is 0 Å². The van der Waals surface area contributed by atoms with E-state index in [1.165, 1.54) is 4.90 Å². The van der Waals surface area contributed by atoms with Gasteiger partial charge in [-0.25, -0.2) is 4.79 Å². The molecule has 1 saturated heterocycles. The molecule has 1 heterocycles. The van der Waals surface area contributed by atoms with E-state index in [4.69, 9.17) is 10.8 Å². The Balaban J connectivity index is 2.08. The molecule has 0 aliphatic carbocycles. The first-order valence-corrected chi connectivity index (χ1v) is 6.54. The van der Waals surface area contributed by atoms with Gasteiger partial charge in [0.1, 0.15) is 0 Å². The van der Waals surface area contributed by atoms with E-state index in [9.17, 15) is 4.79 Å². The van der Waals surface area contributed by atoms with Crippen molar-refractivity contribution in [2.45, 2.75) is 12.5 Å². The molecule has 1 aromatic carbocycles. The quantitative estimate of drug-likeness (QED) is 0.821. The Kier molecular flexibility index (Phi) is 3.65. The molecule has 0 aromatic heterocycles.